The number of nitrogens with zero attached hydrogens (tertiary/aromatic N) is 1. The number of halogens is 1. The maximum absolute atomic E-state index is 13.5. The molecule has 2 aromatic carbocycles. The molecule has 10 heteroatoms. The molecule has 7 nitrogen and oxygen atoms in total. The van der Waals surface area contributed by atoms with E-state index >= 15 is 0 Å². The standard InChI is InChI=1S/C25H25ClN2O5S2/c1-3-33-25(30)23-20-8-5-9-21(20)34-24(23)27-22(29)15-28(18-7-4-6-16(2)14-18)35(31,32)19-12-10-17(26)11-13-19/h4,6-7,10-14H,3,5,8-9,15H2,1-2H3,(H,27,29). The second-order valence-electron chi connectivity index (χ2n) is 8.13. The number of esters is 1. The molecule has 4 rings (SSSR count). The van der Waals surface area contributed by atoms with E-state index in [2.05, 4.69) is 5.32 Å². The Labute approximate surface area is 213 Å². The zero-order valence-electron chi connectivity index (χ0n) is 19.3. The molecule has 1 amide bonds. The molecule has 0 saturated carbocycles. The van der Waals surface area contributed by atoms with Crippen LogP contribution in [0.4, 0.5) is 10.7 Å². The Hall–Kier alpha value is -2.88. The minimum absolute atomic E-state index is 0.0125. The van der Waals surface area contributed by atoms with Gasteiger partial charge < -0.3 is 10.1 Å². The van der Waals surface area contributed by atoms with Gasteiger partial charge in [0.2, 0.25) is 5.91 Å². The Balaban J connectivity index is 1.66. The average Bonchev–Trinajstić information content (AvgIpc) is 3.38. The SMILES string of the molecule is CCOC(=O)c1c(NC(=O)CN(c2cccc(C)c2)S(=O)(=O)c2ccc(Cl)cc2)sc2c1CCC2. The summed E-state index contributed by atoms with van der Waals surface area (Å²) in [6.07, 6.45) is 2.53. The number of anilines is 2. The van der Waals surface area contributed by atoms with Crippen molar-refractivity contribution in [1.82, 2.24) is 0 Å². The van der Waals surface area contributed by atoms with E-state index in [9.17, 15) is 18.0 Å². The van der Waals surface area contributed by atoms with Crippen molar-refractivity contribution in [3.8, 4) is 0 Å². The number of sulfonamides is 1. The van der Waals surface area contributed by atoms with Crippen LogP contribution in [0, 0.1) is 6.92 Å². The topological polar surface area (TPSA) is 92.8 Å². The van der Waals surface area contributed by atoms with Gasteiger partial charge in [0.05, 0.1) is 22.8 Å². The monoisotopic (exact) mass is 532 g/mol. The van der Waals surface area contributed by atoms with Gasteiger partial charge in [0.1, 0.15) is 11.5 Å². The number of amides is 1. The normalized spacial score (nSPS) is 12.8. The largest absolute Gasteiger partial charge is 0.462 e. The van der Waals surface area contributed by atoms with Gasteiger partial charge in [0, 0.05) is 9.90 Å². The average molecular weight is 533 g/mol. The third-order valence-electron chi connectivity index (χ3n) is 5.63. The van der Waals surface area contributed by atoms with E-state index in [1.807, 2.05) is 13.0 Å². The summed E-state index contributed by atoms with van der Waals surface area (Å²) in [5.74, 6) is -1.04. The minimum Gasteiger partial charge on any atom is -0.462 e. The Kier molecular flexibility index (Phi) is 7.49. The summed E-state index contributed by atoms with van der Waals surface area (Å²) >= 11 is 7.29. The van der Waals surface area contributed by atoms with Crippen molar-refractivity contribution >= 4 is 55.5 Å². The zero-order valence-corrected chi connectivity index (χ0v) is 21.7. The number of carbonyl (C=O) groups is 2. The molecule has 0 radical (unpaired) electrons. The molecule has 1 aliphatic rings. The molecule has 1 heterocycles. The molecule has 0 spiro atoms. The van der Waals surface area contributed by atoms with Gasteiger partial charge in [-0.1, -0.05) is 23.7 Å². The highest BCUT2D eigenvalue weighted by Gasteiger charge is 2.31. The van der Waals surface area contributed by atoms with E-state index in [1.54, 1.807) is 25.1 Å². The van der Waals surface area contributed by atoms with Crippen LogP contribution in [0.3, 0.4) is 0 Å². The summed E-state index contributed by atoms with van der Waals surface area (Å²) in [7, 11) is -4.08. The van der Waals surface area contributed by atoms with Gasteiger partial charge >= 0.3 is 5.97 Å². The lowest BCUT2D eigenvalue weighted by atomic mass is 10.1. The van der Waals surface area contributed by atoms with Crippen LogP contribution in [0.25, 0.3) is 0 Å². The fourth-order valence-electron chi connectivity index (χ4n) is 4.04. The lowest BCUT2D eigenvalue weighted by Crippen LogP contribution is -2.38. The highest BCUT2D eigenvalue weighted by atomic mass is 35.5. The van der Waals surface area contributed by atoms with E-state index in [-0.39, 0.29) is 11.5 Å². The molecule has 0 atom stereocenters. The van der Waals surface area contributed by atoms with Crippen molar-refractivity contribution in [1.29, 1.82) is 0 Å². The van der Waals surface area contributed by atoms with E-state index < -0.39 is 28.4 Å². The fraction of sp³-hybridized carbons (Fsp3) is 0.280. The summed E-state index contributed by atoms with van der Waals surface area (Å²) in [6.45, 7) is 3.32. The van der Waals surface area contributed by atoms with Gasteiger partial charge in [0.25, 0.3) is 10.0 Å². The van der Waals surface area contributed by atoms with Crippen LogP contribution < -0.4 is 9.62 Å². The van der Waals surface area contributed by atoms with Crippen molar-refractivity contribution in [3.05, 3.63) is 75.1 Å². The predicted molar refractivity (Wildman–Crippen MR) is 138 cm³/mol. The third-order valence-corrected chi connectivity index (χ3v) is 8.88. The van der Waals surface area contributed by atoms with E-state index in [4.69, 9.17) is 16.3 Å². The molecule has 0 unspecified atom stereocenters. The molecule has 1 aromatic heterocycles. The Morgan fingerprint density at radius 2 is 1.89 bits per heavy atom. The lowest BCUT2D eigenvalue weighted by molar-refractivity contribution is -0.114. The van der Waals surface area contributed by atoms with Crippen LogP contribution in [-0.4, -0.2) is 33.4 Å². The van der Waals surface area contributed by atoms with E-state index in [0.29, 0.717) is 21.3 Å². The molecule has 0 bridgehead atoms. The number of fused-ring (bicyclic) bond motifs is 1. The molecule has 35 heavy (non-hydrogen) atoms. The smallest absolute Gasteiger partial charge is 0.341 e. The molecular formula is C25H25ClN2O5S2. The summed E-state index contributed by atoms with van der Waals surface area (Å²) in [5, 5.41) is 3.58. The van der Waals surface area contributed by atoms with Crippen LogP contribution in [0.5, 0.6) is 0 Å². The second-order valence-corrected chi connectivity index (χ2v) is 11.5. The van der Waals surface area contributed by atoms with E-state index in [0.717, 1.165) is 39.6 Å². The molecular weight excluding hydrogens is 508 g/mol. The summed E-state index contributed by atoms with van der Waals surface area (Å²) < 4.78 is 33.4. The van der Waals surface area contributed by atoms with Gasteiger partial charge in [-0.15, -0.1) is 11.3 Å². The van der Waals surface area contributed by atoms with Gasteiger partial charge in [0.15, 0.2) is 0 Å². The predicted octanol–water partition coefficient (Wildman–Crippen LogP) is 5.21. The molecule has 0 aliphatic heterocycles. The number of thiophene rings is 1. The first-order chi connectivity index (χ1) is 16.7. The number of hydrogen-bond acceptors (Lipinski definition) is 6. The van der Waals surface area contributed by atoms with Crippen LogP contribution in [-0.2, 0) is 32.4 Å². The van der Waals surface area contributed by atoms with Crippen LogP contribution >= 0.6 is 22.9 Å². The number of carbonyl (C=O) groups excluding carboxylic acids is 2. The van der Waals surface area contributed by atoms with Gasteiger partial charge in [-0.25, -0.2) is 13.2 Å². The first kappa shape index (κ1) is 25.2. The number of aryl methyl sites for hydroxylation is 2. The maximum Gasteiger partial charge on any atom is 0.341 e. The lowest BCUT2D eigenvalue weighted by Gasteiger charge is -2.24. The van der Waals surface area contributed by atoms with Crippen molar-refractivity contribution < 1.29 is 22.7 Å². The Morgan fingerprint density at radius 3 is 2.57 bits per heavy atom. The molecule has 3 aromatic rings. The number of benzene rings is 2. The summed E-state index contributed by atoms with van der Waals surface area (Å²) in [5.41, 5.74) is 2.49. The Bertz CT molecular complexity index is 1370. The molecule has 184 valence electrons. The van der Waals surface area contributed by atoms with Crippen LogP contribution in [0.2, 0.25) is 5.02 Å². The number of ether oxygens (including phenoxy) is 1. The summed E-state index contributed by atoms with van der Waals surface area (Å²) in [4.78, 5) is 26.9. The molecule has 1 aliphatic carbocycles. The number of nitrogens with one attached hydrogen (secondary N) is 1. The van der Waals surface area contributed by atoms with Crippen LogP contribution in [0.1, 0.15) is 39.7 Å². The highest BCUT2D eigenvalue weighted by Crippen LogP contribution is 2.39. The number of rotatable bonds is 8. The van der Waals surface area contributed by atoms with Crippen molar-refractivity contribution in [2.75, 3.05) is 22.8 Å². The van der Waals surface area contributed by atoms with Gasteiger partial charge in [-0.2, -0.15) is 0 Å². The van der Waals surface area contributed by atoms with E-state index in [1.165, 1.54) is 35.6 Å². The van der Waals surface area contributed by atoms with Crippen molar-refractivity contribution in [2.45, 2.75) is 38.0 Å². The van der Waals surface area contributed by atoms with Crippen LogP contribution in [0.15, 0.2) is 53.4 Å². The molecule has 0 fully saturated rings. The van der Waals surface area contributed by atoms with Crippen molar-refractivity contribution in [2.24, 2.45) is 0 Å². The maximum atomic E-state index is 13.5. The fourth-order valence-corrected chi connectivity index (χ4v) is 6.87. The molecule has 0 saturated heterocycles. The number of hydrogen-bond donors (Lipinski definition) is 1. The van der Waals surface area contributed by atoms with Gasteiger partial charge in [-0.05, 0) is 80.6 Å². The third kappa shape index (κ3) is 5.37. The minimum atomic E-state index is -4.08. The highest BCUT2D eigenvalue weighted by molar-refractivity contribution is 7.92. The second kappa shape index (κ2) is 10.4. The first-order valence-electron chi connectivity index (χ1n) is 11.2. The van der Waals surface area contributed by atoms with Crippen molar-refractivity contribution in [3.63, 3.8) is 0 Å². The first-order valence-corrected chi connectivity index (χ1v) is 13.8. The van der Waals surface area contributed by atoms with Gasteiger partial charge in [-0.3, -0.25) is 9.10 Å². The Morgan fingerprint density at radius 1 is 1.14 bits per heavy atom. The quantitative estimate of drug-likeness (QED) is 0.402. The zero-order chi connectivity index (χ0) is 25.2. The summed E-state index contributed by atoms with van der Waals surface area (Å²) in [6, 6.07) is 12.7. The molecule has 1 N–H and O–H groups in total.